The number of para-hydroxylation sites is 1. The molecule has 1 atom stereocenters. The Hall–Kier alpha value is -2.10. The lowest BCUT2D eigenvalue weighted by Gasteiger charge is -2.37. The molecule has 0 amide bonds. The summed E-state index contributed by atoms with van der Waals surface area (Å²) in [5.74, 6) is 0.268. The van der Waals surface area contributed by atoms with Crippen LogP contribution >= 0.6 is 0 Å². The fourth-order valence-electron chi connectivity index (χ4n) is 4.23. The second-order valence-electron chi connectivity index (χ2n) is 8.64. The van der Waals surface area contributed by atoms with Crippen molar-refractivity contribution in [3.63, 3.8) is 0 Å². The molecule has 1 aromatic heterocycles. The number of ether oxygens (including phenoxy) is 1. The van der Waals surface area contributed by atoms with Gasteiger partial charge in [-0.05, 0) is 51.7 Å². The molecular weight excluding hydrogens is 431 g/mol. The minimum absolute atomic E-state index is 0.0718. The summed E-state index contributed by atoms with van der Waals surface area (Å²) in [7, 11) is 0. The molecule has 1 aromatic carbocycles. The second-order valence-corrected chi connectivity index (χ2v) is 10.7. The number of aromatic nitrogens is 2. The first-order valence-corrected chi connectivity index (χ1v) is 12.5. The third-order valence-corrected chi connectivity index (χ3v) is 7.72. The highest BCUT2D eigenvalue weighted by Gasteiger charge is 2.31. The van der Waals surface area contributed by atoms with Crippen LogP contribution in [-0.4, -0.2) is 62.3 Å². The van der Waals surface area contributed by atoms with E-state index in [4.69, 9.17) is 4.74 Å². The van der Waals surface area contributed by atoms with Gasteiger partial charge in [0.25, 0.3) is 0 Å². The maximum Gasteiger partial charge on any atom is 0.316 e. The predicted octanol–water partition coefficient (Wildman–Crippen LogP) is 3.09. The van der Waals surface area contributed by atoms with Gasteiger partial charge < -0.3 is 14.2 Å². The van der Waals surface area contributed by atoms with E-state index in [1.807, 2.05) is 48.5 Å². The zero-order valence-corrected chi connectivity index (χ0v) is 19.5. The monoisotopic (exact) mass is 462 g/mol. The van der Waals surface area contributed by atoms with E-state index < -0.39 is 17.5 Å². The van der Waals surface area contributed by atoms with Crippen LogP contribution in [-0.2, 0) is 11.4 Å². The first kappa shape index (κ1) is 23.1. The average molecular weight is 463 g/mol. The highest BCUT2D eigenvalue weighted by molar-refractivity contribution is 7.89. The molecular formula is C23H31FN4O3S. The average Bonchev–Trinajstić information content (AvgIpc) is 2.82. The number of nitrogens with zero attached hydrogens (tertiary/aromatic N) is 4. The second kappa shape index (κ2) is 10.2. The fraction of sp³-hybridized carbons (Fsp3) is 0.565. The van der Waals surface area contributed by atoms with Crippen molar-refractivity contribution in [1.82, 2.24) is 14.1 Å². The fourth-order valence-corrected chi connectivity index (χ4v) is 5.35. The van der Waals surface area contributed by atoms with Gasteiger partial charge in [-0.25, -0.2) is 4.39 Å². The summed E-state index contributed by atoms with van der Waals surface area (Å²) in [6.07, 6.45) is 2.80. The first-order valence-electron chi connectivity index (χ1n) is 11.3. The molecule has 7 nitrogen and oxygen atoms in total. The van der Waals surface area contributed by atoms with Gasteiger partial charge in [0, 0.05) is 24.5 Å². The van der Waals surface area contributed by atoms with Crippen molar-refractivity contribution in [3.8, 4) is 11.4 Å². The van der Waals surface area contributed by atoms with E-state index in [1.165, 1.54) is 4.68 Å². The van der Waals surface area contributed by atoms with E-state index in [0.717, 1.165) is 0 Å². The zero-order valence-electron chi connectivity index (χ0n) is 18.7. The summed E-state index contributed by atoms with van der Waals surface area (Å²) in [5.41, 5.74) is 1.00. The minimum atomic E-state index is -1.02. The molecule has 2 heterocycles. The van der Waals surface area contributed by atoms with Gasteiger partial charge in [0.2, 0.25) is 5.75 Å². The Kier molecular flexibility index (Phi) is 7.37. The Morgan fingerprint density at radius 2 is 1.75 bits per heavy atom. The number of halogens is 1. The van der Waals surface area contributed by atoms with Crippen LogP contribution in [0.5, 0.6) is 5.75 Å². The topological polar surface area (TPSA) is 73.7 Å². The van der Waals surface area contributed by atoms with Gasteiger partial charge in [-0.15, -0.1) is 4.31 Å². The molecule has 9 heteroatoms. The third-order valence-electron chi connectivity index (χ3n) is 6.04. The van der Waals surface area contributed by atoms with Gasteiger partial charge in [-0.2, -0.15) is 9.78 Å². The molecule has 2 aliphatic rings. The zero-order chi connectivity index (χ0) is 22.7. The van der Waals surface area contributed by atoms with Gasteiger partial charge in [-0.1, -0.05) is 18.2 Å². The van der Waals surface area contributed by atoms with Crippen LogP contribution in [0.15, 0.2) is 41.3 Å². The summed E-state index contributed by atoms with van der Waals surface area (Å²) < 4.78 is 35.6. The van der Waals surface area contributed by atoms with E-state index in [0.29, 0.717) is 63.2 Å². The molecule has 2 aromatic rings. The number of hydrogen-bond donors (Lipinski definition) is 0. The van der Waals surface area contributed by atoms with Gasteiger partial charge in [-0.3, -0.25) is 4.79 Å². The maximum absolute atomic E-state index is 13.6. The highest BCUT2D eigenvalue weighted by atomic mass is 32.2. The van der Waals surface area contributed by atoms with Crippen molar-refractivity contribution >= 4 is 17.0 Å². The van der Waals surface area contributed by atoms with Crippen LogP contribution in [0.4, 0.5) is 10.1 Å². The largest absolute Gasteiger partial charge is 0.598 e. The normalized spacial score (nSPS) is 23.3. The Morgan fingerprint density at radius 3 is 2.38 bits per heavy atom. The summed E-state index contributed by atoms with van der Waals surface area (Å²) in [6.45, 7) is 6.43. The minimum Gasteiger partial charge on any atom is -0.598 e. The van der Waals surface area contributed by atoms with Gasteiger partial charge >= 0.3 is 5.56 Å². The van der Waals surface area contributed by atoms with Crippen LogP contribution in [0.2, 0.25) is 0 Å². The Morgan fingerprint density at radius 1 is 1.09 bits per heavy atom. The number of benzene rings is 1. The van der Waals surface area contributed by atoms with Crippen molar-refractivity contribution in [2.75, 3.05) is 31.1 Å². The molecule has 2 fully saturated rings. The van der Waals surface area contributed by atoms with Gasteiger partial charge in [0.1, 0.15) is 17.1 Å². The summed E-state index contributed by atoms with van der Waals surface area (Å²) >= 11 is -1.02. The summed E-state index contributed by atoms with van der Waals surface area (Å²) in [6, 6.07) is 9.25. The lowest BCUT2D eigenvalue weighted by atomic mass is 9.96. The van der Waals surface area contributed by atoms with E-state index in [2.05, 4.69) is 10.00 Å². The quantitative estimate of drug-likeness (QED) is 0.615. The smallest absolute Gasteiger partial charge is 0.316 e. The highest BCUT2D eigenvalue weighted by Crippen LogP contribution is 2.30. The van der Waals surface area contributed by atoms with E-state index in [-0.39, 0.29) is 22.7 Å². The van der Waals surface area contributed by atoms with Crippen molar-refractivity contribution in [2.24, 2.45) is 0 Å². The van der Waals surface area contributed by atoms with Crippen molar-refractivity contribution < 1.29 is 13.7 Å². The number of piperazine rings is 1. The molecule has 1 saturated carbocycles. The predicted molar refractivity (Wildman–Crippen MR) is 125 cm³/mol. The van der Waals surface area contributed by atoms with Crippen LogP contribution in [0.3, 0.4) is 0 Å². The van der Waals surface area contributed by atoms with E-state index in [1.54, 1.807) is 6.20 Å². The molecule has 1 aliphatic heterocycles. The number of rotatable bonds is 6. The van der Waals surface area contributed by atoms with Crippen LogP contribution in [0.25, 0.3) is 5.69 Å². The maximum atomic E-state index is 13.6. The molecule has 174 valence electrons. The standard InChI is InChI=1S/C23H31FN4O3S/c1-17(2)32(30)27-14-12-26(13-15-27)21-16-25-28(19-6-4-3-5-7-19)23(29)22(21)31-20-10-8-18(24)9-11-20/h3-7,16-18,20H,8-15H2,1-2H3. The van der Waals surface area contributed by atoms with Crippen molar-refractivity contribution in [2.45, 2.75) is 57.1 Å². The van der Waals surface area contributed by atoms with E-state index >= 15 is 0 Å². The van der Waals surface area contributed by atoms with Gasteiger partial charge in [0.15, 0.2) is 0 Å². The molecule has 0 bridgehead atoms. The van der Waals surface area contributed by atoms with Crippen LogP contribution < -0.4 is 15.2 Å². The number of alkyl halides is 1. The molecule has 1 aliphatic carbocycles. The molecule has 32 heavy (non-hydrogen) atoms. The first-order chi connectivity index (χ1) is 15.4. The van der Waals surface area contributed by atoms with E-state index in [9.17, 15) is 13.7 Å². The SMILES string of the molecule is CC(C)[S+]([O-])N1CCN(c2cnn(-c3ccccc3)c(=O)c2OC2CCC(F)CC2)CC1. The third kappa shape index (κ3) is 5.10. The van der Waals surface area contributed by atoms with Gasteiger partial charge in [0.05, 0.1) is 31.1 Å². The molecule has 0 N–H and O–H groups in total. The Bertz CT molecular complexity index is 942. The Balaban J connectivity index is 1.61. The Labute approximate surface area is 191 Å². The molecule has 0 radical (unpaired) electrons. The lowest BCUT2D eigenvalue weighted by molar-refractivity contribution is 0.112. The molecule has 1 unspecified atom stereocenters. The lowest BCUT2D eigenvalue weighted by Crippen LogP contribution is -2.50. The molecule has 4 rings (SSSR count). The van der Waals surface area contributed by atoms with Crippen molar-refractivity contribution in [3.05, 3.63) is 46.9 Å². The number of anilines is 1. The molecule has 1 saturated heterocycles. The van der Waals surface area contributed by atoms with Crippen LogP contribution in [0, 0.1) is 0 Å². The van der Waals surface area contributed by atoms with Crippen molar-refractivity contribution in [1.29, 1.82) is 0 Å². The number of hydrogen-bond acceptors (Lipinski definition) is 6. The molecule has 0 spiro atoms. The summed E-state index contributed by atoms with van der Waals surface area (Å²) in [4.78, 5) is 15.5. The van der Waals surface area contributed by atoms with Crippen LogP contribution in [0.1, 0.15) is 39.5 Å². The summed E-state index contributed by atoms with van der Waals surface area (Å²) in [5, 5.41) is 4.49.